The van der Waals surface area contributed by atoms with Gasteiger partial charge in [-0.2, -0.15) is 0 Å². The van der Waals surface area contributed by atoms with Crippen molar-refractivity contribution in [3.63, 3.8) is 0 Å². The third-order valence-corrected chi connectivity index (χ3v) is 4.33. The summed E-state index contributed by atoms with van der Waals surface area (Å²) < 4.78 is 0. The molecule has 1 aromatic heterocycles. The minimum Gasteiger partial charge on any atom is -0.355 e. The molecule has 0 saturated heterocycles. The van der Waals surface area contributed by atoms with E-state index in [4.69, 9.17) is 0 Å². The summed E-state index contributed by atoms with van der Waals surface area (Å²) in [6.45, 7) is 2.27. The lowest BCUT2D eigenvalue weighted by Crippen LogP contribution is -1.95. The summed E-state index contributed by atoms with van der Waals surface area (Å²) in [4.78, 5) is 3.48. The van der Waals surface area contributed by atoms with Gasteiger partial charge in [0.15, 0.2) is 0 Å². The molecule has 3 aromatic carbocycles. The Balaban J connectivity index is 1.88. The molecule has 4 aromatic rings. The highest BCUT2D eigenvalue weighted by Gasteiger charge is 2.10. The summed E-state index contributed by atoms with van der Waals surface area (Å²) >= 11 is 0. The van der Waals surface area contributed by atoms with Gasteiger partial charge in [0, 0.05) is 27.7 Å². The van der Waals surface area contributed by atoms with E-state index in [9.17, 15) is 0 Å². The lowest BCUT2D eigenvalue weighted by atomic mass is 9.92. The number of fused-ring (bicyclic) bond motifs is 3. The van der Waals surface area contributed by atoms with Gasteiger partial charge in [0.1, 0.15) is 0 Å². The number of aromatic amines is 1. The van der Waals surface area contributed by atoms with Crippen molar-refractivity contribution in [2.45, 2.75) is 12.8 Å². The summed E-state index contributed by atoms with van der Waals surface area (Å²) in [5.74, 6) is 0.407. The molecule has 0 aliphatic carbocycles. The second-order valence-electron chi connectivity index (χ2n) is 5.61. The predicted octanol–water partition coefficient (Wildman–Crippen LogP) is 5.47. The number of benzene rings is 3. The van der Waals surface area contributed by atoms with Crippen molar-refractivity contribution in [2.75, 3.05) is 0 Å². The van der Waals surface area contributed by atoms with Crippen LogP contribution in [0.25, 0.3) is 21.8 Å². The molecular formula is C20H17N. The van der Waals surface area contributed by atoms with Gasteiger partial charge < -0.3 is 4.98 Å². The number of aromatic nitrogens is 1. The number of hydrogen-bond donors (Lipinski definition) is 1. The van der Waals surface area contributed by atoms with Crippen LogP contribution in [0.3, 0.4) is 0 Å². The first-order valence-corrected chi connectivity index (χ1v) is 7.38. The molecule has 1 heterocycles. The monoisotopic (exact) mass is 271 g/mol. The van der Waals surface area contributed by atoms with Gasteiger partial charge in [-0.15, -0.1) is 0 Å². The molecule has 0 radical (unpaired) electrons. The number of para-hydroxylation sites is 1. The van der Waals surface area contributed by atoms with Crippen LogP contribution in [0.15, 0.2) is 72.8 Å². The van der Waals surface area contributed by atoms with Crippen molar-refractivity contribution in [1.29, 1.82) is 0 Å². The van der Waals surface area contributed by atoms with Crippen LogP contribution in [0.5, 0.6) is 0 Å². The topological polar surface area (TPSA) is 15.8 Å². The molecule has 0 saturated carbocycles. The highest BCUT2D eigenvalue weighted by molar-refractivity contribution is 6.07. The zero-order valence-corrected chi connectivity index (χ0v) is 12.0. The van der Waals surface area contributed by atoms with Crippen LogP contribution in [-0.4, -0.2) is 4.98 Å². The predicted molar refractivity (Wildman–Crippen MR) is 89.8 cm³/mol. The summed E-state index contributed by atoms with van der Waals surface area (Å²) in [6.07, 6.45) is 0. The molecule has 0 fully saturated rings. The van der Waals surface area contributed by atoms with Crippen molar-refractivity contribution < 1.29 is 0 Å². The molecule has 0 bridgehead atoms. The molecular weight excluding hydrogens is 254 g/mol. The second kappa shape index (κ2) is 4.78. The van der Waals surface area contributed by atoms with E-state index in [0.29, 0.717) is 5.92 Å². The Bertz CT molecular complexity index is 903. The van der Waals surface area contributed by atoms with Crippen molar-refractivity contribution in [2.24, 2.45) is 0 Å². The van der Waals surface area contributed by atoms with Gasteiger partial charge in [-0.1, -0.05) is 61.5 Å². The highest BCUT2D eigenvalue weighted by Crippen LogP contribution is 2.30. The van der Waals surface area contributed by atoms with Crippen LogP contribution in [0.1, 0.15) is 24.0 Å². The maximum atomic E-state index is 3.48. The van der Waals surface area contributed by atoms with Crippen LogP contribution in [0.2, 0.25) is 0 Å². The summed E-state index contributed by atoms with van der Waals surface area (Å²) in [6, 6.07) is 25.9. The first-order chi connectivity index (χ1) is 10.3. The van der Waals surface area contributed by atoms with Crippen molar-refractivity contribution in [3.05, 3.63) is 83.9 Å². The third kappa shape index (κ3) is 2.02. The Morgan fingerprint density at radius 3 is 2.24 bits per heavy atom. The largest absolute Gasteiger partial charge is 0.355 e. The van der Waals surface area contributed by atoms with Gasteiger partial charge in [-0.3, -0.25) is 0 Å². The number of hydrogen-bond acceptors (Lipinski definition) is 0. The van der Waals surface area contributed by atoms with E-state index >= 15 is 0 Å². The maximum absolute atomic E-state index is 3.48. The van der Waals surface area contributed by atoms with Gasteiger partial charge in [-0.05, 0) is 29.3 Å². The molecule has 0 spiro atoms. The second-order valence-corrected chi connectivity index (χ2v) is 5.61. The summed E-state index contributed by atoms with van der Waals surface area (Å²) in [5, 5.41) is 2.61. The normalized spacial score (nSPS) is 12.8. The van der Waals surface area contributed by atoms with E-state index in [1.807, 2.05) is 0 Å². The Kier molecular flexibility index (Phi) is 2.78. The average molecular weight is 271 g/mol. The molecule has 0 amide bonds. The van der Waals surface area contributed by atoms with Crippen LogP contribution in [-0.2, 0) is 0 Å². The molecule has 4 rings (SSSR count). The van der Waals surface area contributed by atoms with Crippen molar-refractivity contribution in [3.8, 4) is 0 Å². The van der Waals surface area contributed by atoms with Crippen molar-refractivity contribution >= 4 is 21.8 Å². The Morgan fingerprint density at radius 1 is 0.667 bits per heavy atom. The minimum atomic E-state index is 0.407. The van der Waals surface area contributed by atoms with E-state index in [2.05, 4.69) is 84.7 Å². The minimum absolute atomic E-state index is 0.407. The third-order valence-electron chi connectivity index (χ3n) is 4.33. The lowest BCUT2D eigenvalue weighted by molar-refractivity contribution is 0.925. The van der Waals surface area contributed by atoms with Crippen LogP contribution >= 0.6 is 0 Å². The molecule has 102 valence electrons. The van der Waals surface area contributed by atoms with Crippen molar-refractivity contribution in [1.82, 2.24) is 4.98 Å². The highest BCUT2D eigenvalue weighted by atomic mass is 14.7. The van der Waals surface area contributed by atoms with Crippen LogP contribution < -0.4 is 0 Å². The fraction of sp³-hybridized carbons (Fsp3) is 0.100. The first kappa shape index (κ1) is 12.2. The number of rotatable bonds is 2. The van der Waals surface area contributed by atoms with Gasteiger partial charge in [0.05, 0.1) is 0 Å². The smallest absolute Gasteiger partial charge is 0.0465 e. The molecule has 1 heteroatoms. The van der Waals surface area contributed by atoms with E-state index in [1.54, 1.807) is 0 Å². The first-order valence-electron chi connectivity index (χ1n) is 7.38. The Hall–Kier alpha value is -2.54. The molecule has 1 N–H and O–H groups in total. The van der Waals surface area contributed by atoms with E-state index < -0.39 is 0 Å². The molecule has 0 aliphatic rings. The number of H-pyrrole nitrogens is 1. The Morgan fingerprint density at radius 2 is 1.38 bits per heavy atom. The molecule has 0 aliphatic heterocycles. The van der Waals surface area contributed by atoms with Gasteiger partial charge in [-0.25, -0.2) is 0 Å². The lowest BCUT2D eigenvalue weighted by Gasteiger charge is -2.12. The van der Waals surface area contributed by atoms with E-state index in [-0.39, 0.29) is 0 Å². The van der Waals surface area contributed by atoms with E-state index in [0.717, 1.165) is 0 Å². The fourth-order valence-corrected chi connectivity index (χ4v) is 3.07. The number of nitrogens with one attached hydrogen (secondary N) is 1. The fourth-order valence-electron chi connectivity index (χ4n) is 3.07. The quantitative estimate of drug-likeness (QED) is 0.497. The molecule has 1 unspecified atom stereocenters. The zero-order chi connectivity index (χ0) is 14.2. The SMILES string of the molecule is CC(c1ccccc1)c1ccc2[nH]c3ccccc3c2c1. The van der Waals surface area contributed by atoms with E-state index in [1.165, 1.54) is 32.9 Å². The van der Waals surface area contributed by atoms with Crippen LogP contribution in [0, 0.1) is 0 Å². The average Bonchev–Trinajstić information content (AvgIpc) is 2.93. The Labute approximate surface area is 124 Å². The maximum Gasteiger partial charge on any atom is 0.0465 e. The standard InChI is InChI=1S/C20H17N/c1-14(15-7-3-2-4-8-15)16-11-12-20-18(13-16)17-9-5-6-10-19(17)21-20/h2-14,21H,1H3. The van der Waals surface area contributed by atoms with Gasteiger partial charge in [0.25, 0.3) is 0 Å². The van der Waals surface area contributed by atoms with Gasteiger partial charge >= 0.3 is 0 Å². The summed E-state index contributed by atoms with van der Waals surface area (Å²) in [7, 11) is 0. The molecule has 1 atom stereocenters. The zero-order valence-electron chi connectivity index (χ0n) is 12.0. The summed E-state index contributed by atoms with van der Waals surface area (Å²) in [5.41, 5.74) is 5.13. The van der Waals surface area contributed by atoms with Gasteiger partial charge in [0.2, 0.25) is 0 Å². The molecule has 1 nitrogen and oxygen atoms in total. The van der Waals surface area contributed by atoms with Crippen LogP contribution in [0.4, 0.5) is 0 Å². The molecule has 21 heavy (non-hydrogen) atoms.